The van der Waals surface area contributed by atoms with Crippen molar-refractivity contribution in [1.82, 2.24) is 10.1 Å². The third kappa shape index (κ3) is 5.46. The molecule has 39 heavy (non-hydrogen) atoms. The van der Waals surface area contributed by atoms with Crippen LogP contribution in [0.3, 0.4) is 0 Å². The Hall–Kier alpha value is -4.71. The zero-order chi connectivity index (χ0) is 26.8. The molecule has 6 nitrogen and oxygen atoms in total. The molecule has 0 amide bonds. The minimum Gasteiger partial charge on any atom is -0.458 e. The highest BCUT2D eigenvalue weighted by Gasteiger charge is 2.32. The summed E-state index contributed by atoms with van der Waals surface area (Å²) in [6.45, 7) is 3.84. The van der Waals surface area contributed by atoms with Gasteiger partial charge in [-0.3, -0.25) is 9.78 Å². The van der Waals surface area contributed by atoms with Crippen molar-refractivity contribution in [1.29, 1.82) is 0 Å². The Bertz CT molecular complexity index is 1590. The lowest BCUT2D eigenvalue weighted by molar-refractivity contribution is -0.150. The maximum Gasteiger partial charge on any atom is 0.309 e. The van der Waals surface area contributed by atoms with E-state index < -0.39 is 0 Å². The zero-order valence-electron chi connectivity index (χ0n) is 21.9. The second-order valence-electron chi connectivity index (χ2n) is 9.95. The number of hydrogen-bond donors (Lipinski definition) is 1. The summed E-state index contributed by atoms with van der Waals surface area (Å²) in [7, 11) is 0. The molecular weight excluding hydrogens is 486 g/mol. The maximum absolute atomic E-state index is 12.0. The molecule has 1 unspecified atom stereocenters. The molecule has 0 spiro atoms. The molecule has 1 aliphatic carbocycles. The van der Waals surface area contributed by atoms with E-state index in [1.807, 2.05) is 80.6 Å². The molecule has 0 saturated heterocycles. The number of ether oxygens (including phenoxy) is 1. The topological polar surface area (TPSA) is 77.2 Å². The molecule has 2 heterocycles. The van der Waals surface area contributed by atoms with E-state index in [9.17, 15) is 4.79 Å². The monoisotopic (exact) mass is 515 g/mol. The number of anilines is 2. The first-order chi connectivity index (χ1) is 19.0. The predicted octanol–water partition coefficient (Wildman–Crippen LogP) is 8.14. The molecule has 0 bridgehead atoms. The summed E-state index contributed by atoms with van der Waals surface area (Å²) in [6.07, 6.45) is 3.44. The molecule has 194 valence electrons. The number of carbonyl (C=O) groups excluding carboxylic acids is 1. The van der Waals surface area contributed by atoms with Crippen LogP contribution in [-0.4, -0.2) is 16.1 Å². The quantitative estimate of drug-likeness (QED) is 0.210. The average molecular weight is 516 g/mol. The second-order valence-corrected chi connectivity index (χ2v) is 9.95. The minimum atomic E-state index is -0.251. The van der Waals surface area contributed by atoms with Gasteiger partial charge in [0.15, 0.2) is 5.76 Å². The van der Waals surface area contributed by atoms with Gasteiger partial charge in [0.1, 0.15) is 17.5 Å². The van der Waals surface area contributed by atoms with Gasteiger partial charge in [-0.2, -0.15) is 0 Å². The highest BCUT2D eigenvalue weighted by molar-refractivity contribution is 5.80. The molecular formula is C33H29N3O3. The van der Waals surface area contributed by atoms with Gasteiger partial charge in [0.05, 0.1) is 11.6 Å². The van der Waals surface area contributed by atoms with Crippen LogP contribution < -0.4 is 5.32 Å². The molecule has 1 fully saturated rings. The number of carbonyl (C=O) groups is 1. The highest BCUT2D eigenvalue weighted by Crippen LogP contribution is 2.36. The molecule has 3 aromatic carbocycles. The zero-order valence-corrected chi connectivity index (χ0v) is 21.9. The van der Waals surface area contributed by atoms with Crippen LogP contribution in [0, 0.1) is 12.8 Å². The standard InChI is InChI=1S/C33H29N3O3/c1-21-31(35-29-18-19-34-30(20-29)26-6-4-3-5-7-26)32(39-36-21)27-14-12-25(13-15-27)24-10-8-23(9-11-24)22(2)38-33(37)28-16-17-28/h3-15,18-20,22,28H,16-17H2,1-2H3,(H,34,35). The van der Waals surface area contributed by atoms with Crippen molar-refractivity contribution in [3.63, 3.8) is 0 Å². The molecule has 1 atom stereocenters. The number of aromatic nitrogens is 2. The van der Waals surface area contributed by atoms with Gasteiger partial charge < -0.3 is 14.6 Å². The summed E-state index contributed by atoms with van der Waals surface area (Å²) in [5.41, 5.74) is 8.54. The number of nitrogens with zero attached hydrogens (tertiary/aromatic N) is 2. The largest absolute Gasteiger partial charge is 0.458 e. The Kier molecular flexibility index (Phi) is 6.68. The third-order valence-corrected chi connectivity index (χ3v) is 7.03. The molecule has 6 heteroatoms. The molecule has 2 aromatic heterocycles. The normalized spacial score (nSPS) is 13.6. The van der Waals surface area contributed by atoms with Crippen molar-refractivity contribution >= 4 is 17.3 Å². The number of benzene rings is 3. The van der Waals surface area contributed by atoms with Crippen LogP contribution >= 0.6 is 0 Å². The predicted molar refractivity (Wildman–Crippen MR) is 152 cm³/mol. The fourth-order valence-electron chi connectivity index (χ4n) is 4.55. The van der Waals surface area contributed by atoms with Crippen molar-refractivity contribution in [3.8, 4) is 33.7 Å². The molecule has 1 N–H and O–H groups in total. The summed E-state index contributed by atoms with van der Waals surface area (Å²) in [6, 6.07) is 30.4. The SMILES string of the molecule is Cc1noc(-c2ccc(-c3ccc(C(C)OC(=O)C4CC4)cc3)cc2)c1Nc1ccnc(-c2ccccc2)c1. The van der Waals surface area contributed by atoms with Crippen LogP contribution in [0.25, 0.3) is 33.7 Å². The van der Waals surface area contributed by atoms with Crippen LogP contribution in [0.4, 0.5) is 11.4 Å². The van der Waals surface area contributed by atoms with Gasteiger partial charge in [0.2, 0.25) is 0 Å². The van der Waals surface area contributed by atoms with Crippen LogP contribution in [0.5, 0.6) is 0 Å². The molecule has 0 aliphatic heterocycles. The lowest BCUT2D eigenvalue weighted by Gasteiger charge is -2.14. The summed E-state index contributed by atoms with van der Waals surface area (Å²) < 4.78 is 11.3. The van der Waals surface area contributed by atoms with Crippen molar-refractivity contribution in [2.75, 3.05) is 5.32 Å². The maximum atomic E-state index is 12.0. The Balaban J connectivity index is 1.18. The summed E-state index contributed by atoms with van der Waals surface area (Å²) in [4.78, 5) is 16.5. The van der Waals surface area contributed by atoms with E-state index in [0.29, 0.717) is 5.76 Å². The summed E-state index contributed by atoms with van der Waals surface area (Å²) in [5, 5.41) is 7.71. The van der Waals surface area contributed by atoms with Crippen molar-refractivity contribution in [3.05, 3.63) is 108 Å². The van der Waals surface area contributed by atoms with Gasteiger partial charge >= 0.3 is 5.97 Å². The lowest BCUT2D eigenvalue weighted by Crippen LogP contribution is -2.10. The number of pyridine rings is 1. The van der Waals surface area contributed by atoms with Crippen LogP contribution in [-0.2, 0) is 9.53 Å². The van der Waals surface area contributed by atoms with Gasteiger partial charge in [0, 0.05) is 23.0 Å². The van der Waals surface area contributed by atoms with Crippen molar-refractivity contribution in [2.45, 2.75) is 32.8 Å². The van der Waals surface area contributed by atoms with Crippen LogP contribution in [0.1, 0.15) is 37.1 Å². The van der Waals surface area contributed by atoms with E-state index in [1.54, 1.807) is 6.20 Å². The molecule has 6 rings (SSSR count). The Morgan fingerprint density at radius 2 is 1.56 bits per heavy atom. The first-order valence-electron chi connectivity index (χ1n) is 13.2. The Morgan fingerprint density at radius 3 is 2.26 bits per heavy atom. The first kappa shape index (κ1) is 24.6. The second kappa shape index (κ2) is 10.6. The van der Waals surface area contributed by atoms with Gasteiger partial charge in [-0.1, -0.05) is 84.0 Å². The third-order valence-electron chi connectivity index (χ3n) is 7.03. The van der Waals surface area contributed by atoms with Gasteiger partial charge in [0.25, 0.3) is 0 Å². The Labute approximate surface area is 227 Å². The van der Waals surface area contributed by atoms with E-state index in [2.05, 4.69) is 39.7 Å². The molecule has 1 saturated carbocycles. The fraction of sp³-hybridized carbons (Fsp3) is 0.182. The van der Waals surface area contributed by atoms with E-state index in [1.165, 1.54) is 0 Å². The van der Waals surface area contributed by atoms with Gasteiger partial charge in [-0.05, 0) is 55.5 Å². The van der Waals surface area contributed by atoms with E-state index >= 15 is 0 Å². The summed E-state index contributed by atoms with van der Waals surface area (Å²) >= 11 is 0. The average Bonchev–Trinajstić information content (AvgIpc) is 3.78. The van der Waals surface area contributed by atoms with Crippen molar-refractivity contribution in [2.24, 2.45) is 5.92 Å². The minimum absolute atomic E-state index is 0.0840. The number of nitrogens with one attached hydrogen (secondary N) is 1. The van der Waals surface area contributed by atoms with Gasteiger partial charge in [-0.15, -0.1) is 0 Å². The van der Waals surface area contributed by atoms with E-state index in [-0.39, 0.29) is 18.0 Å². The fourth-order valence-corrected chi connectivity index (χ4v) is 4.55. The number of aryl methyl sites for hydroxylation is 1. The van der Waals surface area contributed by atoms with Crippen LogP contribution in [0.2, 0.25) is 0 Å². The smallest absolute Gasteiger partial charge is 0.309 e. The highest BCUT2D eigenvalue weighted by atomic mass is 16.5. The number of rotatable bonds is 8. The van der Waals surface area contributed by atoms with Crippen molar-refractivity contribution < 1.29 is 14.1 Å². The molecule has 0 radical (unpaired) electrons. The number of esters is 1. The van der Waals surface area contributed by atoms with Crippen LogP contribution in [0.15, 0.2) is 102 Å². The molecule has 5 aromatic rings. The molecule has 1 aliphatic rings. The van der Waals surface area contributed by atoms with E-state index in [0.717, 1.165) is 63.4 Å². The Morgan fingerprint density at radius 1 is 0.897 bits per heavy atom. The van der Waals surface area contributed by atoms with E-state index in [4.69, 9.17) is 9.26 Å². The van der Waals surface area contributed by atoms with Gasteiger partial charge in [-0.25, -0.2) is 0 Å². The lowest BCUT2D eigenvalue weighted by atomic mass is 10.00. The number of hydrogen-bond acceptors (Lipinski definition) is 6. The first-order valence-corrected chi connectivity index (χ1v) is 13.2. The summed E-state index contributed by atoms with van der Waals surface area (Å²) in [5.74, 6) is 0.698.